The van der Waals surface area contributed by atoms with Gasteiger partial charge in [-0.2, -0.15) is 0 Å². The quantitative estimate of drug-likeness (QED) is 0.681. The molecule has 0 fully saturated rings. The van der Waals surface area contributed by atoms with Crippen LogP contribution in [0.1, 0.15) is 30.9 Å². The lowest BCUT2D eigenvalue weighted by Gasteiger charge is -2.29. The van der Waals surface area contributed by atoms with Gasteiger partial charge in [-0.15, -0.1) is 0 Å². The fraction of sp³-hybridized carbons (Fsp3) is 0.500. The van der Waals surface area contributed by atoms with Crippen molar-refractivity contribution in [2.45, 2.75) is 32.5 Å². The molecule has 1 heterocycles. The Labute approximate surface area is 84.8 Å². The highest BCUT2D eigenvalue weighted by molar-refractivity contribution is 5.38. The Morgan fingerprint density at radius 3 is 2.86 bits per heavy atom. The van der Waals surface area contributed by atoms with Crippen molar-refractivity contribution in [1.29, 1.82) is 0 Å². The van der Waals surface area contributed by atoms with Crippen molar-refractivity contribution in [2.24, 2.45) is 0 Å². The minimum atomic E-state index is 0.301. The van der Waals surface area contributed by atoms with Crippen LogP contribution in [0.3, 0.4) is 0 Å². The van der Waals surface area contributed by atoms with Crippen LogP contribution in [-0.2, 0) is 11.3 Å². The Morgan fingerprint density at radius 1 is 1.36 bits per heavy atom. The summed E-state index contributed by atoms with van der Waals surface area (Å²) in [7, 11) is 1.70. The van der Waals surface area contributed by atoms with Crippen LogP contribution < -0.4 is 4.74 Å². The van der Waals surface area contributed by atoms with Crippen LogP contribution in [0.25, 0.3) is 0 Å². The van der Waals surface area contributed by atoms with Crippen LogP contribution in [-0.4, -0.2) is 13.2 Å². The third kappa shape index (κ3) is 1.50. The van der Waals surface area contributed by atoms with Gasteiger partial charge in [-0.25, -0.2) is 0 Å². The highest BCUT2D eigenvalue weighted by Gasteiger charge is 2.23. The topological polar surface area (TPSA) is 18.5 Å². The monoisotopic (exact) mass is 192 g/mol. The summed E-state index contributed by atoms with van der Waals surface area (Å²) in [5.74, 6) is 1.39. The molecule has 1 aliphatic heterocycles. The largest absolute Gasteiger partial charge is 0.497 e. The lowest BCUT2D eigenvalue weighted by atomic mass is 9.89. The van der Waals surface area contributed by atoms with Gasteiger partial charge in [0.2, 0.25) is 0 Å². The van der Waals surface area contributed by atoms with Crippen molar-refractivity contribution in [3.05, 3.63) is 29.3 Å². The summed E-state index contributed by atoms with van der Waals surface area (Å²) in [6.45, 7) is 5.04. The molecule has 14 heavy (non-hydrogen) atoms. The van der Waals surface area contributed by atoms with Crippen molar-refractivity contribution in [3.8, 4) is 5.75 Å². The van der Waals surface area contributed by atoms with Crippen LogP contribution >= 0.6 is 0 Å². The fourth-order valence-electron chi connectivity index (χ4n) is 1.87. The maximum absolute atomic E-state index is 5.65. The molecule has 2 rings (SSSR count). The molecule has 2 atom stereocenters. The molecular weight excluding hydrogens is 176 g/mol. The van der Waals surface area contributed by atoms with Gasteiger partial charge in [-0.1, -0.05) is 13.0 Å². The summed E-state index contributed by atoms with van der Waals surface area (Å²) < 4.78 is 10.9. The Balaban J connectivity index is 2.41. The number of benzene rings is 1. The van der Waals surface area contributed by atoms with Crippen LogP contribution in [0.4, 0.5) is 0 Å². The van der Waals surface area contributed by atoms with E-state index in [4.69, 9.17) is 9.47 Å². The standard InChI is InChI=1S/C12H16O2/c1-8-9(2)14-7-10-4-5-11(13-3)6-12(8)10/h4-6,8-9H,7H2,1-3H3/t8?,9-/m0/s1. The number of rotatable bonds is 1. The molecule has 2 heteroatoms. The van der Waals surface area contributed by atoms with E-state index in [9.17, 15) is 0 Å². The summed E-state index contributed by atoms with van der Waals surface area (Å²) in [4.78, 5) is 0. The molecule has 0 spiro atoms. The molecule has 76 valence electrons. The number of fused-ring (bicyclic) bond motifs is 1. The first kappa shape index (κ1) is 9.53. The van der Waals surface area contributed by atoms with E-state index in [1.165, 1.54) is 11.1 Å². The Kier molecular flexibility index (Phi) is 2.46. The minimum absolute atomic E-state index is 0.301. The lowest BCUT2D eigenvalue weighted by Crippen LogP contribution is -2.23. The summed E-state index contributed by atoms with van der Waals surface area (Å²) in [5, 5.41) is 0. The minimum Gasteiger partial charge on any atom is -0.497 e. The van der Waals surface area contributed by atoms with Crippen LogP contribution in [0.2, 0.25) is 0 Å². The normalized spacial score (nSPS) is 25.6. The zero-order valence-electron chi connectivity index (χ0n) is 8.91. The van der Waals surface area contributed by atoms with Crippen molar-refractivity contribution in [2.75, 3.05) is 7.11 Å². The summed E-state index contributed by atoms with van der Waals surface area (Å²) in [6, 6.07) is 6.21. The molecule has 2 nitrogen and oxygen atoms in total. The van der Waals surface area contributed by atoms with E-state index in [0.717, 1.165) is 12.4 Å². The van der Waals surface area contributed by atoms with Gasteiger partial charge in [0.1, 0.15) is 5.75 Å². The van der Waals surface area contributed by atoms with Crippen molar-refractivity contribution >= 4 is 0 Å². The van der Waals surface area contributed by atoms with E-state index in [-0.39, 0.29) is 0 Å². The maximum Gasteiger partial charge on any atom is 0.119 e. The van der Waals surface area contributed by atoms with Crippen LogP contribution in [0.5, 0.6) is 5.75 Å². The summed E-state index contributed by atoms with van der Waals surface area (Å²) >= 11 is 0. The van der Waals surface area contributed by atoms with Gasteiger partial charge < -0.3 is 9.47 Å². The molecule has 1 unspecified atom stereocenters. The predicted octanol–water partition coefficient (Wildman–Crippen LogP) is 2.72. The summed E-state index contributed by atoms with van der Waals surface area (Å²) in [5.41, 5.74) is 2.65. The van der Waals surface area contributed by atoms with E-state index in [0.29, 0.717) is 12.0 Å². The third-order valence-corrected chi connectivity index (χ3v) is 3.05. The molecule has 0 aliphatic carbocycles. The first-order valence-electron chi connectivity index (χ1n) is 5.01. The van der Waals surface area contributed by atoms with Gasteiger partial charge in [0.05, 0.1) is 19.8 Å². The smallest absolute Gasteiger partial charge is 0.119 e. The molecule has 1 aromatic carbocycles. The highest BCUT2D eigenvalue weighted by atomic mass is 16.5. The van der Waals surface area contributed by atoms with Crippen molar-refractivity contribution < 1.29 is 9.47 Å². The second-order valence-electron chi connectivity index (χ2n) is 3.87. The van der Waals surface area contributed by atoms with Crippen molar-refractivity contribution in [1.82, 2.24) is 0 Å². The Hall–Kier alpha value is -1.02. The Bertz CT molecular complexity index is 333. The summed E-state index contributed by atoms with van der Waals surface area (Å²) in [6.07, 6.45) is 0.301. The fourth-order valence-corrected chi connectivity index (χ4v) is 1.87. The zero-order valence-corrected chi connectivity index (χ0v) is 8.91. The first-order valence-corrected chi connectivity index (χ1v) is 5.01. The molecule has 1 aromatic rings. The SMILES string of the molecule is COc1ccc2c(c1)C(C)[C@H](C)OC2. The average Bonchev–Trinajstić information content (AvgIpc) is 2.23. The van der Waals surface area contributed by atoms with E-state index < -0.39 is 0 Å². The second kappa shape index (κ2) is 3.62. The molecule has 0 saturated carbocycles. The molecule has 1 aliphatic rings. The molecule has 0 bridgehead atoms. The highest BCUT2D eigenvalue weighted by Crippen LogP contribution is 2.33. The molecule has 0 saturated heterocycles. The average molecular weight is 192 g/mol. The second-order valence-corrected chi connectivity index (χ2v) is 3.87. The van der Waals surface area contributed by atoms with Crippen LogP contribution in [0.15, 0.2) is 18.2 Å². The van der Waals surface area contributed by atoms with Gasteiger partial charge >= 0.3 is 0 Å². The van der Waals surface area contributed by atoms with E-state index in [1.54, 1.807) is 7.11 Å². The van der Waals surface area contributed by atoms with Gasteiger partial charge in [0.15, 0.2) is 0 Å². The van der Waals surface area contributed by atoms with Gasteiger partial charge in [-0.05, 0) is 30.2 Å². The van der Waals surface area contributed by atoms with E-state index in [2.05, 4.69) is 26.0 Å². The lowest BCUT2D eigenvalue weighted by molar-refractivity contribution is 0.0241. The number of hydrogen-bond acceptors (Lipinski definition) is 2. The number of methoxy groups -OCH3 is 1. The molecule has 0 radical (unpaired) electrons. The molecule has 0 amide bonds. The van der Waals surface area contributed by atoms with Gasteiger partial charge in [0, 0.05) is 5.92 Å². The predicted molar refractivity (Wildman–Crippen MR) is 55.7 cm³/mol. The Morgan fingerprint density at radius 2 is 2.14 bits per heavy atom. The van der Waals surface area contributed by atoms with E-state index >= 15 is 0 Å². The molecule has 0 aromatic heterocycles. The zero-order chi connectivity index (χ0) is 10.1. The number of hydrogen-bond donors (Lipinski definition) is 0. The first-order chi connectivity index (χ1) is 6.72. The van der Waals surface area contributed by atoms with Gasteiger partial charge in [-0.3, -0.25) is 0 Å². The van der Waals surface area contributed by atoms with E-state index in [1.807, 2.05) is 6.07 Å². The molecular formula is C12H16O2. The molecule has 0 N–H and O–H groups in total. The number of ether oxygens (including phenoxy) is 2. The van der Waals surface area contributed by atoms with Crippen LogP contribution in [0, 0.1) is 0 Å². The third-order valence-electron chi connectivity index (χ3n) is 3.05. The van der Waals surface area contributed by atoms with Gasteiger partial charge in [0.25, 0.3) is 0 Å². The maximum atomic E-state index is 5.65. The van der Waals surface area contributed by atoms with Crippen molar-refractivity contribution in [3.63, 3.8) is 0 Å².